The summed E-state index contributed by atoms with van der Waals surface area (Å²) in [4.78, 5) is 0. The van der Waals surface area contributed by atoms with E-state index in [4.69, 9.17) is 4.43 Å². The Morgan fingerprint density at radius 3 is 1.88 bits per heavy atom. The zero-order valence-corrected chi connectivity index (χ0v) is 12.1. The van der Waals surface area contributed by atoms with Crippen LogP contribution in [-0.2, 0) is 4.43 Å². The highest BCUT2D eigenvalue weighted by Crippen LogP contribution is 2.60. The van der Waals surface area contributed by atoms with Crippen molar-refractivity contribution >= 4 is 8.32 Å². The van der Waals surface area contributed by atoms with Crippen LogP contribution < -0.4 is 0 Å². The lowest BCUT2D eigenvalue weighted by molar-refractivity contribution is -0.247. The Morgan fingerprint density at radius 1 is 0.941 bits per heavy atom. The van der Waals surface area contributed by atoms with Gasteiger partial charge >= 0.3 is 0 Å². The molecule has 4 aliphatic carbocycles. The average molecular weight is 256 g/mol. The fraction of sp³-hybridized carbons (Fsp3) is 1.00. The van der Waals surface area contributed by atoms with Crippen molar-refractivity contribution in [2.24, 2.45) is 5.92 Å². The highest BCUT2D eigenvalue weighted by molar-refractivity contribution is 6.69. The van der Waals surface area contributed by atoms with Gasteiger partial charge in [-0.05, 0) is 44.8 Å². The van der Waals surface area contributed by atoms with Crippen LogP contribution in [-0.4, -0.2) is 35.3 Å². The van der Waals surface area contributed by atoms with Crippen LogP contribution >= 0.6 is 0 Å². The molecule has 0 aromatic carbocycles. The molecule has 0 radical (unpaired) electrons. The molecule has 3 nitrogen and oxygen atoms in total. The Hall–Kier alpha value is 0.0969. The van der Waals surface area contributed by atoms with E-state index in [9.17, 15) is 10.2 Å². The first-order valence-electron chi connectivity index (χ1n) is 6.76. The topological polar surface area (TPSA) is 49.7 Å². The lowest BCUT2D eigenvalue weighted by atomic mass is 9.50. The predicted molar refractivity (Wildman–Crippen MR) is 68.3 cm³/mol. The molecule has 4 fully saturated rings. The molecule has 0 aliphatic heterocycles. The Bertz CT molecular complexity index is 326. The Balaban J connectivity index is 1.92. The summed E-state index contributed by atoms with van der Waals surface area (Å²) in [5.41, 5.74) is -1.55. The van der Waals surface area contributed by atoms with E-state index in [1.807, 2.05) is 0 Å². The van der Waals surface area contributed by atoms with Crippen LogP contribution in [0.25, 0.3) is 0 Å². The second kappa shape index (κ2) is 3.16. The molecular weight excluding hydrogens is 232 g/mol. The van der Waals surface area contributed by atoms with E-state index < -0.39 is 19.5 Å². The SMILES string of the molecule is C[Si](C)(C)OC12CC3CC(O)(CC(O)(C3)C1)C2. The first kappa shape index (κ1) is 12.1. The minimum absolute atomic E-state index is 0.229. The van der Waals surface area contributed by atoms with Gasteiger partial charge in [0.15, 0.2) is 8.32 Å². The summed E-state index contributed by atoms with van der Waals surface area (Å²) in [7, 11) is -1.63. The van der Waals surface area contributed by atoms with E-state index in [0.717, 1.165) is 32.1 Å². The molecule has 4 bridgehead atoms. The molecule has 0 saturated heterocycles. The summed E-state index contributed by atoms with van der Waals surface area (Å²) >= 11 is 0. The fourth-order valence-corrected chi connectivity index (χ4v) is 6.54. The summed E-state index contributed by atoms with van der Waals surface area (Å²) in [6, 6.07) is 0. The molecule has 2 atom stereocenters. The van der Waals surface area contributed by atoms with Gasteiger partial charge in [0.2, 0.25) is 0 Å². The van der Waals surface area contributed by atoms with Gasteiger partial charge in [0, 0.05) is 19.3 Å². The molecule has 4 aliphatic rings. The lowest BCUT2D eigenvalue weighted by Gasteiger charge is -2.63. The van der Waals surface area contributed by atoms with Crippen LogP contribution in [0.15, 0.2) is 0 Å². The van der Waals surface area contributed by atoms with Crippen molar-refractivity contribution in [3.63, 3.8) is 0 Å². The maximum atomic E-state index is 10.6. The van der Waals surface area contributed by atoms with Gasteiger partial charge in [0.25, 0.3) is 0 Å². The third-order valence-electron chi connectivity index (χ3n) is 4.48. The highest BCUT2D eigenvalue weighted by atomic mass is 28.4. The maximum Gasteiger partial charge on any atom is 0.184 e. The van der Waals surface area contributed by atoms with Gasteiger partial charge in [0.05, 0.1) is 16.8 Å². The fourth-order valence-electron chi connectivity index (χ4n) is 5.01. The van der Waals surface area contributed by atoms with Gasteiger partial charge in [-0.3, -0.25) is 0 Å². The molecule has 0 aromatic heterocycles. The average Bonchev–Trinajstić information content (AvgIpc) is 1.88. The molecule has 2 unspecified atom stereocenters. The third-order valence-corrected chi connectivity index (χ3v) is 5.53. The minimum atomic E-state index is -1.63. The molecule has 0 amide bonds. The zero-order valence-electron chi connectivity index (χ0n) is 11.1. The van der Waals surface area contributed by atoms with Crippen LogP contribution in [0, 0.1) is 5.92 Å². The Morgan fingerprint density at radius 2 is 1.47 bits per heavy atom. The lowest BCUT2D eigenvalue weighted by Crippen LogP contribution is -2.68. The van der Waals surface area contributed by atoms with Crippen molar-refractivity contribution in [1.82, 2.24) is 0 Å². The van der Waals surface area contributed by atoms with Crippen molar-refractivity contribution in [1.29, 1.82) is 0 Å². The van der Waals surface area contributed by atoms with Gasteiger partial charge < -0.3 is 14.6 Å². The van der Waals surface area contributed by atoms with E-state index in [1.165, 1.54) is 0 Å². The van der Waals surface area contributed by atoms with E-state index in [2.05, 4.69) is 19.6 Å². The number of hydrogen-bond acceptors (Lipinski definition) is 3. The van der Waals surface area contributed by atoms with E-state index >= 15 is 0 Å². The summed E-state index contributed by atoms with van der Waals surface area (Å²) in [6.45, 7) is 6.58. The van der Waals surface area contributed by atoms with Crippen LogP contribution in [0.3, 0.4) is 0 Å². The quantitative estimate of drug-likeness (QED) is 0.743. The Kier molecular flexibility index (Phi) is 2.25. The van der Waals surface area contributed by atoms with Crippen LogP contribution in [0.5, 0.6) is 0 Å². The first-order valence-corrected chi connectivity index (χ1v) is 10.2. The minimum Gasteiger partial charge on any atom is -0.412 e. The molecule has 4 heteroatoms. The normalized spacial score (nSPS) is 53.1. The van der Waals surface area contributed by atoms with Gasteiger partial charge in [-0.15, -0.1) is 0 Å². The van der Waals surface area contributed by atoms with Crippen LogP contribution in [0.4, 0.5) is 0 Å². The van der Waals surface area contributed by atoms with Gasteiger partial charge in [-0.25, -0.2) is 0 Å². The van der Waals surface area contributed by atoms with Gasteiger partial charge in [-0.2, -0.15) is 0 Å². The van der Waals surface area contributed by atoms with Gasteiger partial charge in [0.1, 0.15) is 0 Å². The van der Waals surface area contributed by atoms with Crippen molar-refractivity contribution in [2.75, 3.05) is 0 Å². The molecule has 4 rings (SSSR count). The number of aliphatic hydroxyl groups is 2. The largest absolute Gasteiger partial charge is 0.412 e. The van der Waals surface area contributed by atoms with E-state index in [1.54, 1.807) is 0 Å². The molecule has 0 aromatic rings. The second-order valence-corrected chi connectivity index (χ2v) is 12.3. The predicted octanol–water partition coefficient (Wildman–Crippen LogP) is 2.04. The summed E-state index contributed by atoms with van der Waals surface area (Å²) < 4.78 is 6.39. The molecule has 17 heavy (non-hydrogen) atoms. The highest BCUT2D eigenvalue weighted by Gasteiger charge is 2.63. The molecule has 4 saturated carbocycles. The summed E-state index contributed by atoms with van der Waals surface area (Å²) in [5, 5.41) is 21.2. The first-order chi connectivity index (χ1) is 7.61. The van der Waals surface area contributed by atoms with Crippen LogP contribution in [0.1, 0.15) is 38.5 Å². The molecule has 98 valence electrons. The number of rotatable bonds is 2. The van der Waals surface area contributed by atoms with Crippen molar-refractivity contribution in [3.05, 3.63) is 0 Å². The van der Waals surface area contributed by atoms with E-state index in [-0.39, 0.29) is 5.60 Å². The molecular formula is C13H24O3Si. The molecule has 2 N–H and O–H groups in total. The summed E-state index contributed by atoms with van der Waals surface area (Å²) in [6.07, 6.45) is 4.82. The van der Waals surface area contributed by atoms with Gasteiger partial charge in [-0.1, -0.05) is 0 Å². The van der Waals surface area contributed by atoms with E-state index in [0.29, 0.717) is 12.3 Å². The summed E-state index contributed by atoms with van der Waals surface area (Å²) in [5.74, 6) is 0.456. The second-order valence-electron chi connectivity index (χ2n) is 7.85. The van der Waals surface area contributed by atoms with Crippen LogP contribution in [0.2, 0.25) is 19.6 Å². The third kappa shape index (κ3) is 2.09. The van der Waals surface area contributed by atoms with Crippen molar-refractivity contribution in [2.45, 2.75) is 75.0 Å². The molecule has 0 spiro atoms. The molecule has 0 heterocycles. The van der Waals surface area contributed by atoms with Crippen molar-refractivity contribution in [3.8, 4) is 0 Å². The monoisotopic (exact) mass is 256 g/mol. The zero-order chi connectivity index (χ0) is 12.5. The smallest absolute Gasteiger partial charge is 0.184 e. The number of hydrogen-bond donors (Lipinski definition) is 2. The Labute approximate surface area is 104 Å². The standard InChI is InChI=1S/C13H24O3Si/c1-17(2,3)16-13-6-10-4-11(14,8-13)7-12(15,5-10)9-13/h10,14-15H,4-9H2,1-3H3. The maximum absolute atomic E-state index is 10.6. The van der Waals surface area contributed by atoms with Crippen molar-refractivity contribution < 1.29 is 14.6 Å².